The van der Waals surface area contributed by atoms with Crippen molar-refractivity contribution in [1.82, 2.24) is 28.9 Å². The predicted octanol–water partition coefficient (Wildman–Crippen LogP) is 3.38. The highest BCUT2D eigenvalue weighted by Gasteiger charge is 2.19. The van der Waals surface area contributed by atoms with Gasteiger partial charge < -0.3 is 4.74 Å². The third-order valence-corrected chi connectivity index (χ3v) is 5.47. The number of pyridine rings is 2. The van der Waals surface area contributed by atoms with Gasteiger partial charge in [-0.25, -0.2) is 9.78 Å². The summed E-state index contributed by atoms with van der Waals surface area (Å²) in [6, 6.07) is 9.93. The van der Waals surface area contributed by atoms with Gasteiger partial charge in [0, 0.05) is 37.9 Å². The van der Waals surface area contributed by atoms with Crippen LogP contribution in [0.3, 0.4) is 0 Å². The minimum Gasteiger partial charge on any atom is -0.478 e. The average Bonchev–Trinajstić information content (AvgIpc) is 3.23. The maximum absolute atomic E-state index is 13.2. The molecule has 5 aromatic rings. The molecule has 0 spiro atoms. The maximum atomic E-state index is 13.2. The molecular weight excluding hydrogens is 392 g/mol. The zero-order valence-electron chi connectivity index (χ0n) is 17.8. The Bertz CT molecular complexity index is 1510. The van der Waals surface area contributed by atoms with Crippen molar-refractivity contribution >= 4 is 21.9 Å². The summed E-state index contributed by atoms with van der Waals surface area (Å²) in [6.07, 6.45) is 5.35. The normalized spacial score (nSPS) is 11.5. The molecule has 31 heavy (non-hydrogen) atoms. The Kier molecular flexibility index (Phi) is 4.35. The summed E-state index contributed by atoms with van der Waals surface area (Å²) in [5.74, 6) is 0.582. The lowest BCUT2D eigenvalue weighted by molar-refractivity contribution is 0.327. The largest absolute Gasteiger partial charge is 0.478 e. The predicted molar refractivity (Wildman–Crippen MR) is 120 cm³/mol. The van der Waals surface area contributed by atoms with Crippen molar-refractivity contribution in [2.75, 3.05) is 6.61 Å². The van der Waals surface area contributed by atoms with Crippen molar-refractivity contribution in [3.8, 4) is 22.7 Å². The van der Waals surface area contributed by atoms with E-state index in [0.29, 0.717) is 12.5 Å². The fourth-order valence-electron chi connectivity index (χ4n) is 4.02. The lowest BCUT2D eigenvalue weighted by Crippen LogP contribution is -2.21. The topological polar surface area (TPSA) is 79.8 Å². The van der Waals surface area contributed by atoms with Crippen LogP contribution in [-0.2, 0) is 14.1 Å². The quantitative estimate of drug-likeness (QED) is 0.450. The summed E-state index contributed by atoms with van der Waals surface area (Å²) >= 11 is 0. The van der Waals surface area contributed by atoms with Gasteiger partial charge in [-0.15, -0.1) is 0 Å². The van der Waals surface area contributed by atoms with E-state index in [2.05, 4.69) is 21.1 Å². The number of ether oxygens (including phenoxy) is 1. The number of hydrogen-bond acceptors (Lipinski definition) is 5. The maximum Gasteiger partial charge on any atom is 0.333 e. The molecule has 1 aromatic carbocycles. The second-order valence-corrected chi connectivity index (χ2v) is 7.49. The first kappa shape index (κ1) is 19.0. The summed E-state index contributed by atoms with van der Waals surface area (Å²) in [6.45, 7) is 4.39. The second kappa shape index (κ2) is 7.09. The van der Waals surface area contributed by atoms with Gasteiger partial charge >= 0.3 is 5.69 Å². The van der Waals surface area contributed by atoms with Gasteiger partial charge in [0.15, 0.2) is 0 Å². The fourth-order valence-corrected chi connectivity index (χ4v) is 4.02. The van der Waals surface area contributed by atoms with Crippen molar-refractivity contribution < 1.29 is 4.74 Å². The van der Waals surface area contributed by atoms with Gasteiger partial charge in [0.25, 0.3) is 0 Å². The average molecular weight is 414 g/mol. The molecule has 4 heterocycles. The lowest BCUT2D eigenvalue weighted by atomic mass is 10.0. The second-order valence-electron chi connectivity index (χ2n) is 7.49. The molecule has 0 aliphatic heterocycles. The molecule has 8 nitrogen and oxygen atoms in total. The van der Waals surface area contributed by atoms with Gasteiger partial charge in [-0.3, -0.25) is 18.8 Å². The molecule has 0 unspecified atom stereocenters. The van der Waals surface area contributed by atoms with Crippen LogP contribution >= 0.6 is 0 Å². The molecule has 0 atom stereocenters. The molecule has 0 aliphatic rings. The smallest absolute Gasteiger partial charge is 0.333 e. The number of aryl methyl sites for hydroxylation is 3. The van der Waals surface area contributed by atoms with Crippen LogP contribution in [0.2, 0.25) is 0 Å². The Morgan fingerprint density at radius 2 is 1.87 bits per heavy atom. The molecule has 0 amide bonds. The molecule has 0 aliphatic carbocycles. The summed E-state index contributed by atoms with van der Waals surface area (Å²) in [5, 5.41) is 5.32. The van der Waals surface area contributed by atoms with E-state index in [-0.39, 0.29) is 5.69 Å². The molecule has 0 N–H and O–H groups in total. The van der Waals surface area contributed by atoms with Gasteiger partial charge in [-0.1, -0.05) is 6.07 Å². The number of rotatable bonds is 4. The number of aromatic nitrogens is 6. The molecule has 4 aromatic heterocycles. The molecule has 0 bridgehead atoms. The van der Waals surface area contributed by atoms with Crippen molar-refractivity contribution in [2.45, 2.75) is 13.8 Å². The number of fused-ring (bicyclic) bond motifs is 3. The van der Waals surface area contributed by atoms with Gasteiger partial charge in [0.1, 0.15) is 0 Å². The molecule has 5 rings (SSSR count). The first-order valence-corrected chi connectivity index (χ1v) is 10.1. The van der Waals surface area contributed by atoms with Crippen molar-refractivity contribution in [3.63, 3.8) is 0 Å². The van der Waals surface area contributed by atoms with E-state index in [4.69, 9.17) is 4.74 Å². The Labute approximate surface area is 178 Å². The highest BCUT2D eigenvalue weighted by atomic mass is 16.5. The molecule has 0 radical (unpaired) electrons. The van der Waals surface area contributed by atoms with Crippen LogP contribution < -0.4 is 10.4 Å². The molecule has 0 saturated heterocycles. The molecule has 0 fully saturated rings. The third kappa shape index (κ3) is 2.99. The highest BCUT2D eigenvalue weighted by molar-refractivity contribution is 6.04. The van der Waals surface area contributed by atoms with Crippen molar-refractivity contribution in [3.05, 3.63) is 65.1 Å². The summed E-state index contributed by atoms with van der Waals surface area (Å²) in [4.78, 5) is 22.1. The van der Waals surface area contributed by atoms with Crippen molar-refractivity contribution in [1.29, 1.82) is 0 Å². The zero-order valence-corrected chi connectivity index (χ0v) is 17.8. The minimum absolute atomic E-state index is 0.131. The van der Waals surface area contributed by atoms with Crippen LogP contribution in [0.25, 0.3) is 38.8 Å². The molecule has 156 valence electrons. The molecule has 0 saturated carbocycles. The first-order chi connectivity index (χ1) is 15.0. The van der Waals surface area contributed by atoms with Gasteiger partial charge in [-0.2, -0.15) is 5.10 Å². The standard InChI is InChI=1S/C23H22N6O2/c1-5-31-21-11-16(8-9-24-21)15-6-7-18-17(10-15)22-19(12-25-18)28(4)23(30)29(22)20-13-27(3)26-14(20)2/h6-13H,5H2,1-4H3. The van der Waals surface area contributed by atoms with E-state index < -0.39 is 0 Å². The van der Waals surface area contributed by atoms with Gasteiger partial charge in [0.2, 0.25) is 5.88 Å². The zero-order chi connectivity index (χ0) is 21.7. The number of imidazole rings is 1. The monoisotopic (exact) mass is 414 g/mol. The van der Waals surface area contributed by atoms with E-state index in [1.54, 1.807) is 33.3 Å². The Balaban J connectivity index is 1.83. The van der Waals surface area contributed by atoms with Crippen LogP contribution in [-0.4, -0.2) is 35.5 Å². The van der Waals surface area contributed by atoms with E-state index in [1.807, 2.05) is 51.4 Å². The molecule has 8 heteroatoms. The first-order valence-electron chi connectivity index (χ1n) is 10.1. The summed E-state index contributed by atoms with van der Waals surface area (Å²) < 4.78 is 10.6. The number of nitrogens with zero attached hydrogens (tertiary/aromatic N) is 6. The van der Waals surface area contributed by atoms with E-state index in [9.17, 15) is 4.79 Å². The Hall–Kier alpha value is -3.94. The number of benzene rings is 1. The fraction of sp³-hybridized carbons (Fsp3) is 0.217. The van der Waals surface area contributed by atoms with E-state index in [0.717, 1.165) is 44.4 Å². The van der Waals surface area contributed by atoms with E-state index >= 15 is 0 Å². The highest BCUT2D eigenvalue weighted by Crippen LogP contribution is 2.30. The third-order valence-electron chi connectivity index (χ3n) is 5.47. The van der Waals surface area contributed by atoms with Crippen LogP contribution in [0.1, 0.15) is 12.6 Å². The van der Waals surface area contributed by atoms with Crippen LogP contribution in [0.4, 0.5) is 0 Å². The lowest BCUT2D eigenvalue weighted by Gasteiger charge is -2.08. The van der Waals surface area contributed by atoms with Gasteiger partial charge in [-0.05, 0) is 43.2 Å². The summed E-state index contributed by atoms with van der Waals surface area (Å²) in [7, 11) is 3.62. The van der Waals surface area contributed by atoms with E-state index in [1.165, 1.54) is 0 Å². The SMILES string of the molecule is CCOc1cc(-c2ccc3ncc4c(c3c2)n(-c2cn(C)nc2C)c(=O)n4C)ccn1. The minimum atomic E-state index is -0.131. The molecular formula is C23H22N6O2. The van der Waals surface area contributed by atoms with Crippen LogP contribution in [0.5, 0.6) is 5.88 Å². The Morgan fingerprint density at radius 1 is 1.06 bits per heavy atom. The summed E-state index contributed by atoms with van der Waals surface area (Å²) in [5.41, 5.74) is 5.80. The van der Waals surface area contributed by atoms with Crippen LogP contribution in [0.15, 0.2) is 53.7 Å². The Morgan fingerprint density at radius 3 is 2.61 bits per heavy atom. The van der Waals surface area contributed by atoms with Crippen molar-refractivity contribution in [2.24, 2.45) is 14.1 Å². The number of hydrogen-bond donors (Lipinski definition) is 0. The van der Waals surface area contributed by atoms with Crippen LogP contribution in [0, 0.1) is 6.92 Å². The van der Waals surface area contributed by atoms with Gasteiger partial charge in [0.05, 0.1) is 40.7 Å².